The average Bonchev–Trinajstić information content (AvgIpc) is 2.66. The zero-order valence-corrected chi connectivity index (χ0v) is 15.6. The van der Waals surface area contributed by atoms with Gasteiger partial charge in [0.1, 0.15) is 5.75 Å². The minimum Gasteiger partial charge on any atom is -0.424 e. The number of amides is 2. The molecule has 0 atom stereocenters. The topological polar surface area (TPSA) is 76.1 Å². The van der Waals surface area contributed by atoms with Crippen LogP contribution in [0.1, 0.15) is 23.9 Å². The Morgan fingerprint density at radius 1 is 0.926 bits per heavy atom. The quantitative estimate of drug-likeness (QED) is 0.663. The molecule has 0 aliphatic carbocycles. The van der Waals surface area contributed by atoms with Gasteiger partial charge < -0.3 is 15.4 Å². The number of benzene rings is 2. The van der Waals surface area contributed by atoms with Gasteiger partial charge in [0, 0.05) is 5.69 Å². The molecule has 1 heterocycles. The molecule has 0 saturated heterocycles. The Labute approximate surface area is 158 Å². The van der Waals surface area contributed by atoms with Crippen molar-refractivity contribution in [2.75, 3.05) is 10.6 Å². The normalized spacial score (nSPS) is 10.3. The van der Waals surface area contributed by atoms with Gasteiger partial charge in [0.05, 0.1) is 17.1 Å². The van der Waals surface area contributed by atoms with Crippen molar-refractivity contribution in [3.63, 3.8) is 0 Å². The minimum absolute atomic E-state index is 0.248. The van der Waals surface area contributed by atoms with E-state index in [1.165, 1.54) is 5.56 Å². The van der Waals surface area contributed by atoms with Crippen LogP contribution in [0.15, 0.2) is 54.6 Å². The Balaban J connectivity index is 1.69. The van der Waals surface area contributed by atoms with Gasteiger partial charge in [-0.25, -0.2) is 4.79 Å². The van der Waals surface area contributed by atoms with Gasteiger partial charge in [-0.15, -0.1) is 0 Å². The van der Waals surface area contributed by atoms with E-state index in [0.29, 0.717) is 22.8 Å². The summed E-state index contributed by atoms with van der Waals surface area (Å²) in [4.78, 5) is 21.0. The van der Waals surface area contributed by atoms with E-state index in [0.717, 1.165) is 12.1 Å². The van der Waals surface area contributed by atoms with Crippen molar-refractivity contribution >= 4 is 17.4 Å². The Hall–Kier alpha value is -3.41. The Morgan fingerprint density at radius 2 is 1.56 bits per heavy atom. The SMILES string of the molecule is CCc1ccc(NC(=O)Nc2c(C)nc(Oc3ccccc3)nc2C)cc1. The standard InChI is InChI=1S/C21H22N4O2/c1-4-16-10-12-17(13-11-16)24-20(26)25-19-14(2)22-21(23-15(19)3)27-18-8-6-5-7-9-18/h5-13H,4H2,1-3H3,(H2,24,25,26). The predicted octanol–water partition coefficient (Wildman–Crippen LogP) is 5.09. The number of carbonyl (C=O) groups excluding carboxylic acids is 1. The molecule has 0 aliphatic heterocycles. The monoisotopic (exact) mass is 362 g/mol. The second kappa shape index (κ2) is 8.31. The molecule has 0 fully saturated rings. The van der Waals surface area contributed by atoms with Crippen LogP contribution in [0.2, 0.25) is 0 Å². The Morgan fingerprint density at radius 3 is 2.15 bits per heavy atom. The first-order valence-corrected chi connectivity index (χ1v) is 8.80. The summed E-state index contributed by atoms with van der Waals surface area (Å²) in [6, 6.07) is 17.0. The Kier molecular flexibility index (Phi) is 5.66. The number of aromatic nitrogens is 2. The van der Waals surface area contributed by atoms with Crippen LogP contribution in [-0.2, 0) is 6.42 Å². The number of nitrogens with zero attached hydrogens (tertiary/aromatic N) is 2. The van der Waals surface area contributed by atoms with E-state index >= 15 is 0 Å². The number of anilines is 2. The van der Waals surface area contributed by atoms with Crippen LogP contribution in [0.5, 0.6) is 11.8 Å². The molecular formula is C21H22N4O2. The van der Waals surface area contributed by atoms with Crippen molar-refractivity contribution in [3.8, 4) is 11.8 Å². The summed E-state index contributed by atoms with van der Waals surface area (Å²) < 4.78 is 5.67. The van der Waals surface area contributed by atoms with Crippen LogP contribution in [-0.4, -0.2) is 16.0 Å². The summed E-state index contributed by atoms with van der Waals surface area (Å²) in [5.74, 6) is 0.658. The molecule has 1 aromatic heterocycles. The summed E-state index contributed by atoms with van der Waals surface area (Å²) >= 11 is 0. The van der Waals surface area contributed by atoms with E-state index in [-0.39, 0.29) is 12.0 Å². The second-order valence-corrected chi connectivity index (χ2v) is 6.10. The third-order valence-electron chi connectivity index (χ3n) is 4.06. The molecule has 0 bridgehead atoms. The number of hydrogen-bond donors (Lipinski definition) is 2. The number of carbonyl (C=O) groups is 1. The predicted molar refractivity (Wildman–Crippen MR) is 106 cm³/mol. The molecule has 2 N–H and O–H groups in total. The molecule has 6 nitrogen and oxygen atoms in total. The second-order valence-electron chi connectivity index (χ2n) is 6.10. The first-order chi connectivity index (χ1) is 13.0. The lowest BCUT2D eigenvalue weighted by atomic mass is 10.1. The minimum atomic E-state index is -0.342. The van der Waals surface area contributed by atoms with Crippen LogP contribution < -0.4 is 15.4 Å². The van der Waals surface area contributed by atoms with Gasteiger partial charge in [0.15, 0.2) is 0 Å². The number of nitrogens with one attached hydrogen (secondary N) is 2. The fraction of sp³-hybridized carbons (Fsp3) is 0.190. The largest absolute Gasteiger partial charge is 0.424 e. The first-order valence-electron chi connectivity index (χ1n) is 8.80. The summed E-state index contributed by atoms with van der Waals surface area (Å²) in [6.45, 7) is 5.70. The summed E-state index contributed by atoms with van der Waals surface area (Å²) in [5, 5.41) is 5.63. The molecule has 3 rings (SSSR count). The highest BCUT2D eigenvalue weighted by Gasteiger charge is 2.13. The van der Waals surface area contributed by atoms with Crippen molar-refractivity contribution < 1.29 is 9.53 Å². The van der Waals surface area contributed by atoms with Gasteiger partial charge in [0.25, 0.3) is 0 Å². The lowest BCUT2D eigenvalue weighted by Gasteiger charge is -2.13. The van der Waals surface area contributed by atoms with E-state index in [1.807, 2.05) is 54.6 Å². The molecule has 0 unspecified atom stereocenters. The third-order valence-corrected chi connectivity index (χ3v) is 4.06. The number of ether oxygens (including phenoxy) is 1. The van der Waals surface area contributed by atoms with Crippen molar-refractivity contribution in [3.05, 3.63) is 71.5 Å². The number of para-hydroxylation sites is 1. The van der Waals surface area contributed by atoms with Gasteiger partial charge in [-0.2, -0.15) is 9.97 Å². The van der Waals surface area contributed by atoms with Crippen molar-refractivity contribution in [1.82, 2.24) is 9.97 Å². The lowest BCUT2D eigenvalue weighted by Crippen LogP contribution is -2.21. The highest BCUT2D eigenvalue weighted by atomic mass is 16.5. The molecule has 6 heteroatoms. The summed E-state index contributed by atoms with van der Waals surface area (Å²) in [5.41, 5.74) is 3.77. The van der Waals surface area contributed by atoms with E-state index in [9.17, 15) is 4.79 Å². The zero-order chi connectivity index (χ0) is 19.2. The van der Waals surface area contributed by atoms with E-state index in [4.69, 9.17) is 4.74 Å². The van der Waals surface area contributed by atoms with E-state index in [2.05, 4.69) is 27.5 Å². The van der Waals surface area contributed by atoms with Crippen molar-refractivity contribution in [2.45, 2.75) is 27.2 Å². The average molecular weight is 362 g/mol. The number of aryl methyl sites for hydroxylation is 3. The zero-order valence-electron chi connectivity index (χ0n) is 15.6. The van der Waals surface area contributed by atoms with Crippen molar-refractivity contribution in [2.24, 2.45) is 0 Å². The van der Waals surface area contributed by atoms with E-state index in [1.54, 1.807) is 13.8 Å². The lowest BCUT2D eigenvalue weighted by molar-refractivity contribution is 0.262. The highest BCUT2D eigenvalue weighted by molar-refractivity contribution is 6.00. The summed E-state index contributed by atoms with van der Waals surface area (Å²) in [7, 11) is 0. The van der Waals surface area contributed by atoms with Crippen LogP contribution in [0, 0.1) is 13.8 Å². The Bertz CT molecular complexity index is 902. The molecule has 0 radical (unpaired) electrons. The van der Waals surface area contributed by atoms with Gasteiger partial charge in [0.2, 0.25) is 0 Å². The van der Waals surface area contributed by atoms with Gasteiger partial charge in [-0.05, 0) is 50.1 Å². The van der Waals surface area contributed by atoms with E-state index < -0.39 is 0 Å². The maximum Gasteiger partial charge on any atom is 0.323 e. The maximum atomic E-state index is 12.3. The maximum absolute atomic E-state index is 12.3. The van der Waals surface area contributed by atoms with Gasteiger partial charge in [-0.1, -0.05) is 37.3 Å². The van der Waals surface area contributed by atoms with Crippen LogP contribution in [0.4, 0.5) is 16.2 Å². The van der Waals surface area contributed by atoms with Crippen LogP contribution in [0.3, 0.4) is 0 Å². The fourth-order valence-electron chi connectivity index (χ4n) is 2.61. The summed E-state index contributed by atoms with van der Waals surface area (Å²) in [6.07, 6.45) is 0.958. The third kappa shape index (κ3) is 4.82. The molecule has 138 valence electrons. The molecular weight excluding hydrogens is 340 g/mol. The molecule has 0 saturated carbocycles. The number of hydrogen-bond acceptors (Lipinski definition) is 4. The number of urea groups is 1. The molecule has 0 spiro atoms. The van der Waals surface area contributed by atoms with Crippen LogP contribution >= 0.6 is 0 Å². The first kappa shape index (κ1) is 18.4. The van der Waals surface area contributed by atoms with Crippen molar-refractivity contribution in [1.29, 1.82) is 0 Å². The number of rotatable bonds is 5. The molecule has 2 aromatic carbocycles. The highest BCUT2D eigenvalue weighted by Crippen LogP contribution is 2.23. The van der Waals surface area contributed by atoms with Crippen LogP contribution in [0.25, 0.3) is 0 Å². The molecule has 2 amide bonds. The van der Waals surface area contributed by atoms with Gasteiger partial charge in [-0.3, -0.25) is 0 Å². The smallest absolute Gasteiger partial charge is 0.323 e. The molecule has 3 aromatic rings. The molecule has 27 heavy (non-hydrogen) atoms. The van der Waals surface area contributed by atoms with Gasteiger partial charge >= 0.3 is 12.0 Å². The molecule has 0 aliphatic rings. The fourth-order valence-corrected chi connectivity index (χ4v) is 2.61.